The van der Waals surface area contributed by atoms with Crippen LogP contribution in [0.4, 0.5) is 11.4 Å². The van der Waals surface area contributed by atoms with Gasteiger partial charge in [0.2, 0.25) is 0 Å². The van der Waals surface area contributed by atoms with Gasteiger partial charge >= 0.3 is 0 Å². The van der Waals surface area contributed by atoms with Gasteiger partial charge in [0.1, 0.15) is 12.4 Å². The minimum Gasteiger partial charge on any atom is -0.489 e. The van der Waals surface area contributed by atoms with Gasteiger partial charge in [-0.15, -0.1) is 0 Å². The second-order valence-electron chi connectivity index (χ2n) is 9.10. The molecule has 5 aromatic carbocycles. The van der Waals surface area contributed by atoms with Gasteiger partial charge in [0.15, 0.2) is 11.6 Å². The number of ether oxygens (including phenoxy) is 1. The molecule has 1 N–H and O–H groups in total. The van der Waals surface area contributed by atoms with Crippen molar-refractivity contribution in [2.75, 3.05) is 5.32 Å². The largest absolute Gasteiger partial charge is 0.489 e. The lowest BCUT2D eigenvalue weighted by Gasteiger charge is -2.09. The van der Waals surface area contributed by atoms with E-state index in [4.69, 9.17) is 4.74 Å². The Hall–Kier alpha value is -4.96. The first-order valence-corrected chi connectivity index (χ1v) is 12.5. The average molecular weight is 498 g/mol. The third-order valence-corrected chi connectivity index (χ3v) is 6.26. The van der Waals surface area contributed by atoms with Crippen molar-refractivity contribution in [1.29, 1.82) is 0 Å². The Balaban J connectivity index is 1.18. The highest BCUT2D eigenvalue weighted by molar-refractivity contribution is 6.09. The summed E-state index contributed by atoms with van der Waals surface area (Å²) < 4.78 is 5.82. The molecule has 0 bridgehead atoms. The van der Waals surface area contributed by atoms with Gasteiger partial charge in [-0.05, 0) is 73.2 Å². The molecule has 4 heteroatoms. The van der Waals surface area contributed by atoms with Crippen LogP contribution in [0.25, 0.3) is 0 Å². The van der Waals surface area contributed by atoms with Gasteiger partial charge in [0.05, 0.1) is 0 Å². The maximum atomic E-state index is 13.0. The van der Waals surface area contributed by atoms with E-state index in [1.54, 1.807) is 0 Å². The fraction of sp³-hybridized carbons (Fsp3) is 0.0588. The van der Waals surface area contributed by atoms with Crippen LogP contribution in [-0.4, -0.2) is 11.6 Å². The number of benzene rings is 5. The van der Waals surface area contributed by atoms with Gasteiger partial charge in [-0.2, -0.15) is 0 Å². The average Bonchev–Trinajstić information content (AvgIpc) is 2.98. The van der Waals surface area contributed by atoms with Crippen molar-refractivity contribution in [3.63, 3.8) is 0 Å². The Morgan fingerprint density at radius 1 is 0.553 bits per heavy atom. The van der Waals surface area contributed by atoms with E-state index >= 15 is 0 Å². The molecule has 0 aromatic heterocycles. The first kappa shape index (κ1) is 24.7. The van der Waals surface area contributed by atoms with Gasteiger partial charge in [-0.1, -0.05) is 72.3 Å². The highest BCUT2D eigenvalue weighted by atomic mass is 16.5. The molecule has 0 saturated heterocycles. The second-order valence-corrected chi connectivity index (χ2v) is 9.10. The molecular formula is C34H27NO3. The third kappa shape index (κ3) is 6.05. The Bertz CT molecular complexity index is 1520. The molecule has 4 nitrogen and oxygen atoms in total. The molecule has 0 aliphatic rings. The summed E-state index contributed by atoms with van der Waals surface area (Å²) in [7, 11) is 0. The third-order valence-electron chi connectivity index (χ3n) is 6.26. The molecule has 0 saturated carbocycles. The predicted molar refractivity (Wildman–Crippen MR) is 151 cm³/mol. The minimum absolute atomic E-state index is 0.00755. The van der Waals surface area contributed by atoms with E-state index in [9.17, 15) is 9.59 Å². The van der Waals surface area contributed by atoms with Crippen LogP contribution in [0.1, 0.15) is 43.0 Å². The Kier molecular flexibility index (Phi) is 7.42. The summed E-state index contributed by atoms with van der Waals surface area (Å²) in [6.07, 6.45) is 0. The second kappa shape index (κ2) is 11.4. The van der Waals surface area contributed by atoms with E-state index < -0.39 is 0 Å². The summed E-state index contributed by atoms with van der Waals surface area (Å²) in [5, 5.41) is 3.32. The first-order valence-electron chi connectivity index (χ1n) is 12.5. The lowest BCUT2D eigenvalue weighted by Crippen LogP contribution is -2.03. The van der Waals surface area contributed by atoms with Crippen molar-refractivity contribution in [3.05, 3.63) is 161 Å². The molecule has 0 atom stereocenters. The van der Waals surface area contributed by atoms with Crippen molar-refractivity contribution in [2.24, 2.45) is 0 Å². The van der Waals surface area contributed by atoms with Crippen LogP contribution in [0.5, 0.6) is 5.75 Å². The van der Waals surface area contributed by atoms with Crippen LogP contribution in [0.3, 0.4) is 0 Å². The van der Waals surface area contributed by atoms with Crippen molar-refractivity contribution < 1.29 is 14.3 Å². The van der Waals surface area contributed by atoms with Crippen LogP contribution in [-0.2, 0) is 6.61 Å². The molecule has 5 rings (SSSR count). The zero-order valence-electron chi connectivity index (χ0n) is 21.1. The Morgan fingerprint density at radius 3 is 1.50 bits per heavy atom. The number of aryl methyl sites for hydroxylation is 1. The standard InChI is InChI=1S/C34H27NO3/c1-24-7-21-32(22-8-24)38-23-25-9-11-27(12-10-25)34(37)29-15-19-31(20-16-29)35-30-17-13-28(14-18-30)33(36)26-5-3-2-4-6-26/h2-22,35H,23H2,1H3. The zero-order valence-corrected chi connectivity index (χ0v) is 21.1. The number of nitrogens with one attached hydrogen (secondary N) is 1. The summed E-state index contributed by atoms with van der Waals surface area (Å²) in [4.78, 5) is 25.6. The van der Waals surface area contributed by atoms with Gasteiger partial charge in [0.25, 0.3) is 0 Å². The maximum Gasteiger partial charge on any atom is 0.193 e. The smallest absolute Gasteiger partial charge is 0.193 e. The van der Waals surface area contributed by atoms with E-state index in [2.05, 4.69) is 5.32 Å². The molecule has 0 radical (unpaired) electrons. The molecule has 0 heterocycles. The van der Waals surface area contributed by atoms with Crippen LogP contribution < -0.4 is 10.1 Å². The normalized spacial score (nSPS) is 10.6. The number of carbonyl (C=O) groups is 2. The minimum atomic E-state index is -0.0358. The zero-order chi connectivity index (χ0) is 26.3. The van der Waals surface area contributed by atoms with Gasteiger partial charge < -0.3 is 10.1 Å². The summed E-state index contributed by atoms with van der Waals surface area (Å²) in [6, 6.07) is 39.4. The molecule has 0 unspecified atom stereocenters. The van der Waals surface area contributed by atoms with Crippen LogP contribution in [0, 0.1) is 6.92 Å². The summed E-state index contributed by atoms with van der Waals surface area (Å²) in [6.45, 7) is 2.48. The number of rotatable bonds is 9. The molecule has 0 fully saturated rings. The maximum absolute atomic E-state index is 13.0. The van der Waals surface area contributed by atoms with Crippen LogP contribution in [0.15, 0.2) is 127 Å². The number of ketones is 2. The van der Waals surface area contributed by atoms with E-state index in [-0.39, 0.29) is 11.6 Å². The number of anilines is 2. The molecule has 0 aliphatic heterocycles. The fourth-order valence-corrected chi connectivity index (χ4v) is 4.05. The Labute approximate surface area is 222 Å². The topological polar surface area (TPSA) is 55.4 Å². The fourth-order valence-electron chi connectivity index (χ4n) is 4.05. The molecule has 186 valence electrons. The molecule has 5 aromatic rings. The lowest BCUT2D eigenvalue weighted by atomic mass is 10.0. The van der Waals surface area contributed by atoms with E-state index in [0.717, 1.165) is 22.7 Å². The van der Waals surface area contributed by atoms with Crippen LogP contribution >= 0.6 is 0 Å². The summed E-state index contributed by atoms with van der Waals surface area (Å²) in [5.74, 6) is 0.777. The predicted octanol–water partition coefficient (Wildman–Crippen LogP) is 7.78. The summed E-state index contributed by atoms with van der Waals surface area (Å²) in [5.41, 5.74) is 6.44. The molecule has 0 amide bonds. The highest BCUT2D eigenvalue weighted by Gasteiger charge is 2.10. The van der Waals surface area contributed by atoms with Crippen molar-refractivity contribution >= 4 is 22.9 Å². The van der Waals surface area contributed by atoms with E-state index in [1.807, 2.05) is 134 Å². The molecule has 0 spiro atoms. The van der Waals surface area contributed by atoms with Crippen molar-refractivity contribution in [1.82, 2.24) is 0 Å². The van der Waals surface area contributed by atoms with Crippen molar-refractivity contribution in [2.45, 2.75) is 13.5 Å². The van der Waals surface area contributed by atoms with E-state index in [1.165, 1.54) is 5.56 Å². The molecular weight excluding hydrogens is 470 g/mol. The Morgan fingerprint density at radius 2 is 1.00 bits per heavy atom. The molecule has 38 heavy (non-hydrogen) atoms. The highest BCUT2D eigenvalue weighted by Crippen LogP contribution is 2.21. The molecule has 0 aliphatic carbocycles. The quantitative estimate of drug-likeness (QED) is 0.211. The SMILES string of the molecule is Cc1ccc(OCc2ccc(C(=O)c3ccc(Nc4ccc(C(=O)c5ccccc5)cc4)cc3)cc2)cc1. The monoisotopic (exact) mass is 497 g/mol. The number of carbonyl (C=O) groups excluding carboxylic acids is 2. The number of hydrogen-bond acceptors (Lipinski definition) is 4. The van der Waals surface area contributed by atoms with Crippen LogP contribution in [0.2, 0.25) is 0 Å². The van der Waals surface area contributed by atoms with Gasteiger partial charge in [-0.25, -0.2) is 0 Å². The first-order chi connectivity index (χ1) is 18.5. The van der Waals surface area contributed by atoms with Gasteiger partial charge in [-0.3, -0.25) is 9.59 Å². The lowest BCUT2D eigenvalue weighted by molar-refractivity contribution is 0.103. The van der Waals surface area contributed by atoms with E-state index in [0.29, 0.717) is 28.9 Å². The van der Waals surface area contributed by atoms with Crippen molar-refractivity contribution in [3.8, 4) is 5.75 Å². The summed E-state index contributed by atoms with van der Waals surface area (Å²) >= 11 is 0. The number of hydrogen-bond donors (Lipinski definition) is 1. The van der Waals surface area contributed by atoms with Gasteiger partial charge in [0, 0.05) is 33.6 Å².